The first-order valence-corrected chi connectivity index (χ1v) is 8.71. The average Bonchev–Trinajstić information content (AvgIpc) is 3.36. The van der Waals surface area contributed by atoms with Crippen molar-refractivity contribution >= 4 is 12.0 Å². The predicted octanol–water partition coefficient (Wildman–Crippen LogP) is 3.90. The zero-order chi connectivity index (χ0) is 16.3. The molecule has 0 N–H and O–H groups in total. The van der Waals surface area contributed by atoms with Gasteiger partial charge in [-0.3, -0.25) is 4.79 Å². The molecular weight excluding hydrogens is 286 g/mol. The highest BCUT2D eigenvalue weighted by Crippen LogP contribution is 2.34. The minimum Gasteiger partial charge on any atom is -0.376 e. The molecule has 0 radical (unpaired) electrons. The molecule has 1 heterocycles. The highest BCUT2D eigenvalue weighted by atomic mass is 16.5. The number of benzene rings is 1. The summed E-state index contributed by atoms with van der Waals surface area (Å²) in [6.07, 6.45) is 8.22. The van der Waals surface area contributed by atoms with Crippen LogP contribution in [-0.2, 0) is 9.53 Å². The van der Waals surface area contributed by atoms with E-state index in [9.17, 15) is 4.79 Å². The van der Waals surface area contributed by atoms with Gasteiger partial charge in [-0.2, -0.15) is 0 Å². The van der Waals surface area contributed by atoms with Crippen LogP contribution in [0.3, 0.4) is 0 Å². The molecule has 0 aromatic heterocycles. The Labute approximate surface area is 139 Å². The number of ether oxygens (including phenoxy) is 1. The van der Waals surface area contributed by atoms with Gasteiger partial charge in [0.05, 0.1) is 5.60 Å². The van der Waals surface area contributed by atoms with Gasteiger partial charge in [-0.1, -0.05) is 42.5 Å². The Hall–Kier alpha value is -1.61. The van der Waals surface area contributed by atoms with Crippen molar-refractivity contribution in [2.75, 3.05) is 13.2 Å². The summed E-state index contributed by atoms with van der Waals surface area (Å²) < 4.78 is 5.76. The van der Waals surface area contributed by atoms with Crippen molar-refractivity contribution in [3.63, 3.8) is 0 Å². The SMILES string of the molecule is CC1(C)C[C@H](C(=O)N(C/C=C/c2ccccc2)C2CC2)CCO1. The third kappa shape index (κ3) is 4.44. The summed E-state index contributed by atoms with van der Waals surface area (Å²) >= 11 is 0. The second-order valence-electron chi connectivity index (χ2n) is 7.33. The van der Waals surface area contributed by atoms with E-state index in [1.807, 2.05) is 18.2 Å². The minimum atomic E-state index is -0.173. The normalized spacial score (nSPS) is 23.8. The monoisotopic (exact) mass is 313 g/mol. The van der Waals surface area contributed by atoms with Gasteiger partial charge >= 0.3 is 0 Å². The van der Waals surface area contributed by atoms with Gasteiger partial charge in [0.25, 0.3) is 0 Å². The van der Waals surface area contributed by atoms with E-state index in [4.69, 9.17) is 4.74 Å². The fourth-order valence-electron chi connectivity index (χ4n) is 3.35. The minimum absolute atomic E-state index is 0.115. The Balaban J connectivity index is 1.62. The summed E-state index contributed by atoms with van der Waals surface area (Å²) in [6.45, 7) is 5.59. The molecule has 0 bridgehead atoms. The van der Waals surface area contributed by atoms with Gasteiger partial charge in [-0.25, -0.2) is 0 Å². The lowest BCUT2D eigenvalue weighted by molar-refractivity contribution is -0.145. The van der Waals surface area contributed by atoms with E-state index in [0.29, 0.717) is 18.6 Å². The lowest BCUT2D eigenvalue weighted by Gasteiger charge is -2.37. The van der Waals surface area contributed by atoms with Crippen molar-refractivity contribution in [1.82, 2.24) is 4.90 Å². The molecular formula is C20H27NO2. The first-order valence-electron chi connectivity index (χ1n) is 8.71. The maximum absolute atomic E-state index is 12.9. The number of hydrogen-bond donors (Lipinski definition) is 0. The number of amides is 1. The summed E-state index contributed by atoms with van der Waals surface area (Å²) in [7, 11) is 0. The molecule has 3 heteroatoms. The zero-order valence-electron chi connectivity index (χ0n) is 14.2. The molecule has 1 atom stereocenters. The van der Waals surface area contributed by atoms with Gasteiger partial charge in [0.1, 0.15) is 0 Å². The predicted molar refractivity (Wildman–Crippen MR) is 93.0 cm³/mol. The summed E-state index contributed by atoms with van der Waals surface area (Å²) in [5, 5.41) is 0. The summed E-state index contributed by atoms with van der Waals surface area (Å²) in [5.41, 5.74) is 1.01. The van der Waals surface area contributed by atoms with Crippen LogP contribution in [0.1, 0.15) is 45.1 Å². The van der Waals surface area contributed by atoms with E-state index in [0.717, 1.165) is 32.2 Å². The van der Waals surface area contributed by atoms with Crippen LogP contribution in [0, 0.1) is 5.92 Å². The molecule has 1 aromatic carbocycles. The van der Waals surface area contributed by atoms with E-state index >= 15 is 0 Å². The van der Waals surface area contributed by atoms with Crippen LogP contribution >= 0.6 is 0 Å². The quantitative estimate of drug-likeness (QED) is 0.825. The highest BCUT2D eigenvalue weighted by Gasteiger charge is 2.39. The van der Waals surface area contributed by atoms with Crippen molar-refractivity contribution in [3.8, 4) is 0 Å². The van der Waals surface area contributed by atoms with Gasteiger partial charge in [0.2, 0.25) is 5.91 Å². The topological polar surface area (TPSA) is 29.5 Å². The Morgan fingerprint density at radius 1 is 1.26 bits per heavy atom. The van der Waals surface area contributed by atoms with E-state index in [1.165, 1.54) is 5.56 Å². The van der Waals surface area contributed by atoms with Crippen LogP contribution in [0.25, 0.3) is 6.08 Å². The molecule has 0 spiro atoms. The summed E-state index contributed by atoms with van der Waals surface area (Å²) in [5.74, 6) is 0.436. The maximum Gasteiger partial charge on any atom is 0.226 e. The molecule has 3 nitrogen and oxygen atoms in total. The second-order valence-corrected chi connectivity index (χ2v) is 7.33. The molecule has 1 aromatic rings. The zero-order valence-corrected chi connectivity index (χ0v) is 14.2. The molecule has 0 unspecified atom stereocenters. The number of carbonyl (C=O) groups excluding carboxylic acids is 1. The molecule has 1 saturated heterocycles. The third-order valence-electron chi connectivity index (χ3n) is 4.73. The second kappa shape index (κ2) is 6.88. The van der Waals surface area contributed by atoms with Gasteiger partial charge in [0.15, 0.2) is 0 Å². The van der Waals surface area contributed by atoms with E-state index in [-0.39, 0.29) is 11.5 Å². The lowest BCUT2D eigenvalue weighted by Crippen LogP contribution is -2.44. The van der Waals surface area contributed by atoms with Crippen molar-refractivity contribution in [1.29, 1.82) is 0 Å². The summed E-state index contributed by atoms with van der Waals surface area (Å²) in [6, 6.07) is 10.7. The number of hydrogen-bond acceptors (Lipinski definition) is 2. The largest absolute Gasteiger partial charge is 0.376 e. The first-order chi connectivity index (χ1) is 11.1. The van der Waals surface area contributed by atoms with Crippen LogP contribution in [0.2, 0.25) is 0 Å². The number of carbonyl (C=O) groups is 1. The Kier molecular flexibility index (Phi) is 4.86. The van der Waals surface area contributed by atoms with Gasteiger partial charge in [-0.05, 0) is 45.1 Å². The maximum atomic E-state index is 12.9. The molecule has 1 aliphatic heterocycles. The number of rotatable bonds is 5. The molecule has 3 rings (SSSR count). The molecule has 2 aliphatic rings. The van der Waals surface area contributed by atoms with Crippen LogP contribution in [-0.4, -0.2) is 35.6 Å². The molecule has 1 saturated carbocycles. The average molecular weight is 313 g/mol. The van der Waals surface area contributed by atoms with Gasteiger partial charge in [0, 0.05) is 25.1 Å². The van der Waals surface area contributed by atoms with Crippen LogP contribution < -0.4 is 0 Å². The Morgan fingerprint density at radius 3 is 2.65 bits per heavy atom. The van der Waals surface area contributed by atoms with Crippen molar-refractivity contribution in [3.05, 3.63) is 42.0 Å². The summed E-state index contributed by atoms with van der Waals surface area (Å²) in [4.78, 5) is 15.0. The Bertz CT molecular complexity index is 560. The van der Waals surface area contributed by atoms with E-state index in [2.05, 4.69) is 43.0 Å². The van der Waals surface area contributed by atoms with E-state index in [1.54, 1.807) is 0 Å². The molecule has 1 amide bonds. The van der Waals surface area contributed by atoms with Gasteiger partial charge < -0.3 is 9.64 Å². The van der Waals surface area contributed by atoms with Crippen LogP contribution in [0.15, 0.2) is 36.4 Å². The van der Waals surface area contributed by atoms with Crippen molar-refractivity contribution < 1.29 is 9.53 Å². The lowest BCUT2D eigenvalue weighted by atomic mass is 9.87. The Morgan fingerprint density at radius 2 is 2.00 bits per heavy atom. The fraction of sp³-hybridized carbons (Fsp3) is 0.550. The van der Waals surface area contributed by atoms with Crippen molar-refractivity contribution in [2.24, 2.45) is 5.92 Å². The molecule has 23 heavy (non-hydrogen) atoms. The standard InChI is InChI=1S/C20H27NO2/c1-20(2)15-17(12-14-23-20)19(22)21(18-10-11-18)13-6-9-16-7-4-3-5-8-16/h3-9,17-18H,10-15H2,1-2H3/b9-6+/t17-/m1/s1. The van der Waals surface area contributed by atoms with Gasteiger partial charge in [-0.15, -0.1) is 0 Å². The van der Waals surface area contributed by atoms with Crippen LogP contribution in [0.5, 0.6) is 0 Å². The van der Waals surface area contributed by atoms with Crippen LogP contribution in [0.4, 0.5) is 0 Å². The molecule has 124 valence electrons. The number of nitrogens with zero attached hydrogens (tertiary/aromatic N) is 1. The fourth-order valence-corrected chi connectivity index (χ4v) is 3.35. The highest BCUT2D eigenvalue weighted by molar-refractivity contribution is 5.80. The smallest absolute Gasteiger partial charge is 0.226 e. The van der Waals surface area contributed by atoms with Crippen molar-refractivity contribution in [2.45, 2.75) is 51.2 Å². The molecule has 2 fully saturated rings. The van der Waals surface area contributed by atoms with E-state index < -0.39 is 0 Å². The first kappa shape index (κ1) is 16.3. The third-order valence-corrected chi connectivity index (χ3v) is 4.73. The molecule has 1 aliphatic carbocycles.